The Morgan fingerprint density at radius 3 is 1.21 bits per heavy atom. The fourth-order valence-electron chi connectivity index (χ4n) is 3.73. The number of ether oxygens (including phenoxy) is 3. The molecule has 0 saturated heterocycles. The van der Waals surface area contributed by atoms with Gasteiger partial charge < -0.3 is 14.2 Å². The molecule has 0 bridgehead atoms. The minimum absolute atomic E-state index is 0.437. The third kappa shape index (κ3) is 5.33. The molecule has 0 aliphatic carbocycles. The maximum atomic E-state index is 6.85. The van der Waals surface area contributed by atoms with Gasteiger partial charge in [-0.05, 0) is 47.5 Å². The molecule has 2 atom stereocenters. The highest BCUT2D eigenvalue weighted by molar-refractivity contribution is 6.31. The van der Waals surface area contributed by atoms with Crippen molar-refractivity contribution in [1.82, 2.24) is 0 Å². The minimum Gasteiger partial charge on any atom is -0.497 e. The molecule has 0 N–H and O–H groups in total. The second-order valence-corrected chi connectivity index (χ2v) is 8.30. The molecule has 4 aromatic carbocycles. The Kier molecular flexibility index (Phi) is 7.56. The van der Waals surface area contributed by atoms with Gasteiger partial charge in [0.1, 0.15) is 23.7 Å². The molecule has 5 heteroatoms. The van der Waals surface area contributed by atoms with E-state index in [-0.39, 0.29) is 0 Å². The first-order valence-electron chi connectivity index (χ1n) is 10.5. The van der Waals surface area contributed by atoms with Crippen LogP contribution in [0.5, 0.6) is 11.5 Å². The van der Waals surface area contributed by atoms with Gasteiger partial charge in [-0.2, -0.15) is 0 Å². The third-order valence-corrected chi connectivity index (χ3v) is 6.17. The Morgan fingerprint density at radius 1 is 0.515 bits per heavy atom. The summed E-state index contributed by atoms with van der Waals surface area (Å²) in [6, 6.07) is 31.1. The van der Waals surface area contributed by atoms with Crippen LogP contribution in [0.25, 0.3) is 0 Å². The lowest BCUT2D eigenvalue weighted by Crippen LogP contribution is -2.14. The molecule has 0 heterocycles. The van der Waals surface area contributed by atoms with Crippen molar-refractivity contribution >= 4 is 23.2 Å². The summed E-state index contributed by atoms with van der Waals surface area (Å²) in [5, 5.41) is 1.26. The minimum atomic E-state index is -0.437. The smallest absolute Gasteiger partial charge is 0.118 e. The average Bonchev–Trinajstić information content (AvgIpc) is 2.86. The van der Waals surface area contributed by atoms with Gasteiger partial charge in [0.05, 0.1) is 14.2 Å². The van der Waals surface area contributed by atoms with Crippen molar-refractivity contribution in [2.45, 2.75) is 12.2 Å². The summed E-state index contributed by atoms with van der Waals surface area (Å²) in [6.45, 7) is 0. The van der Waals surface area contributed by atoms with Crippen molar-refractivity contribution < 1.29 is 14.2 Å². The van der Waals surface area contributed by atoms with E-state index in [0.29, 0.717) is 10.0 Å². The highest BCUT2D eigenvalue weighted by atomic mass is 35.5. The summed E-state index contributed by atoms with van der Waals surface area (Å²) < 4.78 is 17.5. The molecule has 0 fully saturated rings. The van der Waals surface area contributed by atoms with Crippen molar-refractivity contribution in [2.24, 2.45) is 0 Å². The zero-order valence-electron chi connectivity index (χ0n) is 18.4. The second kappa shape index (κ2) is 10.8. The van der Waals surface area contributed by atoms with Crippen LogP contribution in [0.4, 0.5) is 0 Å². The first-order chi connectivity index (χ1) is 16.1. The van der Waals surface area contributed by atoms with Crippen LogP contribution in [0.2, 0.25) is 10.0 Å². The van der Waals surface area contributed by atoms with E-state index in [0.717, 1.165) is 33.8 Å². The van der Waals surface area contributed by atoms with E-state index in [2.05, 4.69) is 0 Å². The standard InChI is InChI=1S/C28H24Cl2O3/c1-31-21-15-11-19(12-16-21)27(23-7-3-5-9-25(23)29)33-28(24-8-4-6-10-26(24)30)20-13-17-22(32-2)18-14-20/h3-18,27-28H,1-2H3. The van der Waals surface area contributed by atoms with Gasteiger partial charge in [-0.25, -0.2) is 0 Å². The number of benzene rings is 4. The Balaban J connectivity index is 1.82. The van der Waals surface area contributed by atoms with Gasteiger partial charge >= 0.3 is 0 Å². The first kappa shape index (κ1) is 23.2. The molecule has 168 valence electrons. The largest absolute Gasteiger partial charge is 0.497 e. The number of rotatable bonds is 8. The molecule has 0 radical (unpaired) electrons. The molecule has 0 aromatic heterocycles. The summed E-state index contributed by atoms with van der Waals surface area (Å²) in [7, 11) is 3.29. The molecule has 0 amide bonds. The number of methoxy groups -OCH3 is 2. The van der Waals surface area contributed by atoms with E-state index in [1.165, 1.54) is 0 Å². The molecule has 0 saturated carbocycles. The van der Waals surface area contributed by atoms with Crippen molar-refractivity contribution in [3.63, 3.8) is 0 Å². The lowest BCUT2D eigenvalue weighted by molar-refractivity contribution is 0.0309. The highest BCUT2D eigenvalue weighted by Crippen LogP contribution is 2.40. The monoisotopic (exact) mass is 478 g/mol. The van der Waals surface area contributed by atoms with E-state index < -0.39 is 12.2 Å². The van der Waals surface area contributed by atoms with Crippen LogP contribution in [-0.4, -0.2) is 14.2 Å². The van der Waals surface area contributed by atoms with Gasteiger partial charge in [-0.3, -0.25) is 0 Å². The van der Waals surface area contributed by atoms with E-state index in [9.17, 15) is 0 Å². The van der Waals surface area contributed by atoms with Crippen molar-refractivity contribution in [1.29, 1.82) is 0 Å². The number of hydrogen-bond donors (Lipinski definition) is 0. The van der Waals surface area contributed by atoms with Crippen molar-refractivity contribution in [3.05, 3.63) is 129 Å². The average molecular weight is 479 g/mol. The molecule has 4 rings (SSSR count). The van der Waals surface area contributed by atoms with Crippen LogP contribution in [-0.2, 0) is 4.74 Å². The van der Waals surface area contributed by atoms with Gasteiger partial charge in [0.25, 0.3) is 0 Å². The van der Waals surface area contributed by atoms with Gasteiger partial charge in [0.2, 0.25) is 0 Å². The Hall–Kier alpha value is -2.98. The fourth-order valence-corrected chi connectivity index (χ4v) is 4.20. The topological polar surface area (TPSA) is 27.7 Å². The zero-order valence-corrected chi connectivity index (χ0v) is 19.9. The predicted octanol–water partition coefficient (Wildman–Crippen LogP) is 7.91. The second-order valence-electron chi connectivity index (χ2n) is 7.49. The van der Waals surface area contributed by atoms with Gasteiger partial charge in [-0.1, -0.05) is 83.9 Å². The summed E-state index contributed by atoms with van der Waals surface area (Å²) in [5.41, 5.74) is 3.65. The molecule has 0 aliphatic heterocycles. The summed E-state index contributed by atoms with van der Waals surface area (Å²) >= 11 is 13.3. The summed E-state index contributed by atoms with van der Waals surface area (Å²) in [5.74, 6) is 1.55. The number of halogens is 2. The van der Waals surface area contributed by atoms with Crippen LogP contribution in [0.1, 0.15) is 34.5 Å². The van der Waals surface area contributed by atoms with Crippen LogP contribution in [0.15, 0.2) is 97.1 Å². The van der Waals surface area contributed by atoms with Gasteiger partial charge in [0, 0.05) is 21.2 Å². The Bertz CT molecular complexity index is 1100. The molecule has 2 unspecified atom stereocenters. The highest BCUT2D eigenvalue weighted by Gasteiger charge is 2.26. The molecule has 3 nitrogen and oxygen atoms in total. The molecule has 0 aliphatic rings. The van der Waals surface area contributed by atoms with Crippen LogP contribution < -0.4 is 9.47 Å². The maximum absolute atomic E-state index is 6.85. The molecular weight excluding hydrogens is 455 g/mol. The molecule has 33 heavy (non-hydrogen) atoms. The molecule has 4 aromatic rings. The van der Waals surface area contributed by atoms with E-state index in [4.69, 9.17) is 37.4 Å². The third-order valence-electron chi connectivity index (χ3n) is 5.48. The maximum Gasteiger partial charge on any atom is 0.118 e. The van der Waals surface area contributed by atoms with Gasteiger partial charge in [-0.15, -0.1) is 0 Å². The quantitative estimate of drug-likeness (QED) is 0.257. The first-order valence-corrected chi connectivity index (χ1v) is 11.3. The predicted molar refractivity (Wildman–Crippen MR) is 134 cm³/mol. The van der Waals surface area contributed by atoms with Crippen LogP contribution in [0.3, 0.4) is 0 Å². The van der Waals surface area contributed by atoms with E-state index in [1.54, 1.807) is 14.2 Å². The Labute approximate surface area is 204 Å². The SMILES string of the molecule is COc1ccc(C(OC(c2ccc(OC)cc2)c2ccccc2Cl)c2ccccc2Cl)cc1. The van der Waals surface area contributed by atoms with Crippen molar-refractivity contribution in [3.8, 4) is 11.5 Å². The summed E-state index contributed by atoms with van der Waals surface area (Å²) in [4.78, 5) is 0. The number of hydrogen-bond acceptors (Lipinski definition) is 3. The zero-order chi connectivity index (χ0) is 23.2. The molecular formula is C28H24Cl2O3. The Morgan fingerprint density at radius 2 is 0.879 bits per heavy atom. The molecule has 0 spiro atoms. The van der Waals surface area contributed by atoms with Crippen LogP contribution in [0, 0.1) is 0 Å². The van der Waals surface area contributed by atoms with Crippen LogP contribution >= 0.6 is 23.2 Å². The lowest BCUT2D eigenvalue weighted by Gasteiger charge is -2.28. The normalized spacial score (nSPS) is 12.7. The summed E-state index contributed by atoms with van der Waals surface area (Å²) in [6.07, 6.45) is -0.874. The van der Waals surface area contributed by atoms with Gasteiger partial charge in [0.15, 0.2) is 0 Å². The fraction of sp³-hybridized carbons (Fsp3) is 0.143. The van der Waals surface area contributed by atoms with E-state index >= 15 is 0 Å². The van der Waals surface area contributed by atoms with E-state index in [1.807, 2.05) is 97.1 Å². The van der Waals surface area contributed by atoms with Crippen molar-refractivity contribution in [2.75, 3.05) is 14.2 Å². The lowest BCUT2D eigenvalue weighted by atomic mass is 9.97.